The molecule has 1 N–H and O–H groups in total. The number of amides is 1. The van der Waals surface area contributed by atoms with Gasteiger partial charge in [-0.05, 0) is 56.4 Å². The Morgan fingerprint density at radius 2 is 1.77 bits per heavy atom. The summed E-state index contributed by atoms with van der Waals surface area (Å²) in [4.78, 5) is 33.5. The second kappa shape index (κ2) is 12.1. The van der Waals surface area contributed by atoms with Crippen LogP contribution in [0.3, 0.4) is 0 Å². The lowest BCUT2D eigenvalue weighted by Crippen LogP contribution is -2.24. The predicted octanol–water partition coefficient (Wildman–Crippen LogP) is 4.90. The van der Waals surface area contributed by atoms with Gasteiger partial charge < -0.3 is 14.2 Å². The van der Waals surface area contributed by atoms with Crippen LogP contribution in [0.15, 0.2) is 51.5 Å². The highest BCUT2D eigenvalue weighted by molar-refractivity contribution is 7.99. The number of hydrogen-bond donors (Lipinski definition) is 1. The first kappa shape index (κ1) is 27.7. The number of fused-ring (bicyclic) bond motifs is 3. The Kier molecular flexibility index (Phi) is 8.41. The van der Waals surface area contributed by atoms with Gasteiger partial charge >= 0.3 is 0 Å². The summed E-state index contributed by atoms with van der Waals surface area (Å²) in [5.41, 5.74) is 6.02. The van der Waals surface area contributed by atoms with Crippen LogP contribution in [0.5, 0.6) is 17.2 Å². The van der Waals surface area contributed by atoms with Crippen LogP contribution in [0.4, 0.5) is 0 Å². The fourth-order valence-electron chi connectivity index (χ4n) is 4.69. The molecule has 11 heteroatoms. The van der Waals surface area contributed by atoms with E-state index in [1.165, 1.54) is 37.1 Å². The van der Waals surface area contributed by atoms with Crippen molar-refractivity contribution in [2.45, 2.75) is 37.8 Å². The zero-order valence-corrected chi connectivity index (χ0v) is 24.4. The number of carbonyl (C=O) groups is 1. The molecule has 0 radical (unpaired) electrons. The molecule has 40 heavy (non-hydrogen) atoms. The van der Waals surface area contributed by atoms with E-state index < -0.39 is 0 Å². The molecule has 4 aromatic rings. The number of nitrogens with one attached hydrogen (secondary N) is 1. The summed E-state index contributed by atoms with van der Waals surface area (Å²) in [5.74, 6) is 1.24. The maximum Gasteiger partial charge on any atom is 0.267 e. The average Bonchev–Trinajstić information content (AvgIpc) is 3.35. The minimum absolute atomic E-state index is 0.0231. The van der Waals surface area contributed by atoms with Crippen LogP contribution in [0, 0.1) is 6.92 Å². The summed E-state index contributed by atoms with van der Waals surface area (Å²) in [7, 11) is 4.62. The minimum atomic E-state index is -0.337. The molecule has 2 aromatic carbocycles. The number of thiophene rings is 1. The molecule has 1 amide bonds. The molecule has 0 saturated carbocycles. The number of aryl methyl sites for hydroxylation is 3. The average molecular weight is 579 g/mol. The number of rotatable bonds is 9. The molecule has 0 bridgehead atoms. The van der Waals surface area contributed by atoms with Gasteiger partial charge in [0.25, 0.3) is 11.5 Å². The van der Waals surface area contributed by atoms with Crippen molar-refractivity contribution in [2.75, 3.05) is 27.1 Å². The number of methoxy groups -OCH3 is 3. The highest BCUT2D eigenvalue weighted by Crippen LogP contribution is 2.36. The molecule has 0 saturated heterocycles. The molecule has 5 rings (SSSR count). The summed E-state index contributed by atoms with van der Waals surface area (Å²) < 4.78 is 17.7. The Balaban J connectivity index is 1.39. The van der Waals surface area contributed by atoms with Crippen LogP contribution in [-0.4, -0.2) is 48.8 Å². The second-order valence-corrected chi connectivity index (χ2v) is 11.3. The molecule has 0 unspecified atom stereocenters. The number of benzene rings is 2. The molecule has 2 heterocycles. The number of aromatic nitrogens is 2. The lowest BCUT2D eigenvalue weighted by Gasteiger charge is -2.13. The van der Waals surface area contributed by atoms with Crippen LogP contribution < -0.4 is 25.2 Å². The standard InChI is InChI=1S/C29H30N4O5S2/c1-17-9-11-19(12-10-17)33-28(35)26-20-7-5-6-8-24(20)40-27(26)31-29(33)39-16-25(34)32-30-15-18-13-22(37-3)23(38-4)14-21(18)36-2/h9-15H,5-8,16H2,1-4H3,(H,32,34). The lowest BCUT2D eigenvalue weighted by atomic mass is 9.97. The first-order valence-electron chi connectivity index (χ1n) is 12.8. The van der Waals surface area contributed by atoms with Gasteiger partial charge in [0, 0.05) is 16.5 Å². The highest BCUT2D eigenvalue weighted by atomic mass is 32.2. The van der Waals surface area contributed by atoms with Gasteiger partial charge in [-0.3, -0.25) is 14.2 Å². The number of carbonyl (C=O) groups excluding carboxylic acids is 1. The Morgan fingerprint density at radius 3 is 2.50 bits per heavy atom. The largest absolute Gasteiger partial charge is 0.496 e. The molecule has 208 valence electrons. The maximum absolute atomic E-state index is 13.9. The van der Waals surface area contributed by atoms with Crippen molar-refractivity contribution in [3.63, 3.8) is 0 Å². The molecule has 9 nitrogen and oxygen atoms in total. The number of hydrogen-bond acceptors (Lipinski definition) is 9. The van der Waals surface area contributed by atoms with E-state index in [0.717, 1.165) is 47.3 Å². The zero-order chi connectivity index (χ0) is 28.2. The predicted molar refractivity (Wildman–Crippen MR) is 159 cm³/mol. The van der Waals surface area contributed by atoms with E-state index in [1.807, 2.05) is 31.2 Å². The molecule has 0 spiro atoms. The monoisotopic (exact) mass is 578 g/mol. The number of thioether (sulfide) groups is 1. The summed E-state index contributed by atoms with van der Waals surface area (Å²) >= 11 is 2.80. The molecule has 0 atom stereocenters. The molecule has 0 aliphatic heterocycles. The van der Waals surface area contributed by atoms with Gasteiger partial charge in [0.05, 0.1) is 44.4 Å². The fourth-order valence-corrected chi connectivity index (χ4v) is 6.80. The van der Waals surface area contributed by atoms with Crippen LogP contribution in [0.25, 0.3) is 15.9 Å². The van der Waals surface area contributed by atoms with Crippen LogP contribution in [0.1, 0.15) is 34.4 Å². The van der Waals surface area contributed by atoms with E-state index in [-0.39, 0.29) is 17.2 Å². The van der Waals surface area contributed by atoms with E-state index >= 15 is 0 Å². The van der Waals surface area contributed by atoms with Crippen molar-refractivity contribution in [2.24, 2.45) is 5.10 Å². The number of hydrazone groups is 1. The van der Waals surface area contributed by atoms with E-state index in [4.69, 9.17) is 19.2 Å². The van der Waals surface area contributed by atoms with Crippen LogP contribution >= 0.6 is 23.1 Å². The van der Waals surface area contributed by atoms with Crippen molar-refractivity contribution in [1.29, 1.82) is 0 Å². The van der Waals surface area contributed by atoms with E-state index in [0.29, 0.717) is 33.4 Å². The summed E-state index contributed by atoms with van der Waals surface area (Å²) in [6.45, 7) is 2.00. The van der Waals surface area contributed by atoms with Crippen molar-refractivity contribution in [3.8, 4) is 22.9 Å². The quantitative estimate of drug-likeness (QED) is 0.130. The molecular weight excluding hydrogens is 548 g/mol. The molecule has 2 aromatic heterocycles. The van der Waals surface area contributed by atoms with E-state index in [1.54, 1.807) is 35.1 Å². The summed E-state index contributed by atoms with van der Waals surface area (Å²) in [5, 5.41) is 5.28. The first-order valence-corrected chi connectivity index (χ1v) is 14.6. The smallest absolute Gasteiger partial charge is 0.267 e. The lowest BCUT2D eigenvalue weighted by molar-refractivity contribution is -0.118. The van der Waals surface area contributed by atoms with Gasteiger partial charge in [0.1, 0.15) is 10.6 Å². The van der Waals surface area contributed by atoms with Gasteiger partial charge in [0.2, 0.25) is 0 Å². The Bertz CT molecular complexity index is 1640. The second-order valence-electron chi connectivity index (χ2n) is 9.29. The third-order valence-corrected chi connectivity index (χ3v) is 8.84. The van der Waals surface area contributed by atoms with Crippen molar-refractivity contribution in [3.05, 3.63) is 68.3 Å². The van der Waals surface area contributed by atoms with Crippen LogP contribution in [0.2, 0.25) is 0 Å². The topological polar surface area (TPSA) is 104 Å². The van der Waals surface area contributed by atoms with Crippen LogP contribution in [-0.2, 0) is 17.6 Å². The Hall–Kier alpha value is -3.83. The van der Waals surface area contributed by atoms with Crippen molar-refractivity contribution >= 4 is 45.4 Å². The van der Waals surface area contributed by atoms with Gasteiger partial charge in [-0.2, -0.15) is 5.10 Å². The van der Waals surface area contributed by atoms with Gasteiger partial charge in [-0.15, -0.1) is 11.3 Å². The third-order valence-electron chi connectivity index (χ3n) is 6.71. The van der Waals surface area contributed by atoms with Gasteiger partial charge in [-0.1, -0.05) is 29.5 Å². The summed E-state index contributed by atoms with van der Waals surface area (Å²) in [6, 6.07) is 11.2. The van der Waals surface area contributed by atoms with Gasteiger partial charge in [0.15, 0.2) is 16.7 Å². The number of nitrogens with zero attached hydrogens (tertiary/aromatic N) is 3. The van der Waals surface area contributed by atoms with E-state index in [9.17, 15) is 9.59 Å². The molecular formula is C29H30N4O5S2. The SMILES string of the molecule is COc1cc(OC)c(OC)cc1C=NNC(=O)CSc1nc2sc3c(c2c(=O)n1-c1ccc(C)cc1)CCCC3. The Morgan fingerprint density at radius 1 is 1.07 bits per heavy atom. The van der Waals surface area contributed by atoms with E-state index in [2.05, 4.69) is 10.5 Å². The first-order chi connectivity index (χ1) is 19.4. The molecule has 0 fully saturated rings. The van der Waals surface area contributed by atoms with Crippen molar-refractivity contribution < 1.29 is 19.0 Å². The molecule has 1 aliphatic carbocycles. The van der Waals surface area contributed by atoms with Crippen molar-refractivity contribution in [1.82, 2.24) is 15.0 Å². The Labute approximate surface area is 240 Å². The number of ether oxygens (including phenoxy) is 3. The minimum Gasteiger partial charge on any atom is -0.496 e. The van der Waals surface area contributed by atoms with Gasteiger partial charge in [-0.25, -0.2) is 10.4 Å². The molecule has 1 aliphatic rings. The summed E-state index contributed by atoms with van der Waals surface area (Å²) in [6.07, 6.45) is 5.57. The normalized spacial score (nSPS) is 12.9. The third kappa shape index (κ3) is 5.57. The zero-order valence-electron chi connectivity index (χ0n) is 22.8. The highest BCUT2D eigenvalue weighted by Gasteiger charge is 2.23. The fraction of sp³-hybridized carbons (Fsp3) is 0.310. The maximum atomic E-state index is 13.9.